The molecule has 72 heavy (non-hydrogen) atoms. The van der Waals surface area contributed by atoms with Crippen LogP contribution in [0.4, 0.5) is 0 Å². The van der Waals surface area contributed by atoms with Crippen molar-refractivity contribution < 1.29 is 24.5 Å². The number of amides is 1. The smallest absolute Gasteiger partial charge is 0.305 e. The quantitative estimate of drug-likeness (QED) is 0.0417. The van der Waals surface area contributed by atoms with Crippen molar-refractivity contribution in [1.29, 1.82) is 0 Å². The third kappa shape index (κ3) is 58.1. The summed E-state index contributed by atoms with van der Waals surface area (Å²) in [6.07, 6.45) is 74.4. The van der Waals surface area contributed by atoms with E-state index in [1.54, 1.807) is 0 Å². The standard InChI is InChI=1S/C66H131NO5/c1-3-5-7-9-11-13-15-16-17-34-37-40-44-48-52-56-60-66(71)72-61-57-53-49-45-41-38-35-32-30-28-26-24-22-20-18-19-21-23-25-27-29-31-33-36-39-43-47-51-55-59-65(70)67-63(62-68)64(69)58-54-50-46-42-14-12-10-8-6-4-2/h63-64,68-69H,3-62H2,1-2H3,(H,67,70). The highest BCUT2D eigenvalue weighted by Crippen LogP contribution is 2.19. The van der Waals surface area contributed by atoms with Crippen LogP contribution < -0.4 is 5.32 Å². The fraction of sp³-hybridized carbons (Fsp3) is 0.970. The molecule has 0 bridgehead atoms. The molecule has 0 aliphatic rings. The molecule has 0 saturated heterocycles. The molecule has 6 nitrogen and oxygen atoms in total. The van der Waals surface area contributed by atoms with Gasteiger partial charge in [-0.15, -0.1) is 0 Å². The first-order valence-electron chi connectivity index (χ1n) is 33.3. The van der Waals surface area contributed by atoms with Gasteiger partial charge in [-0.25, -0.2) is 0 Å². The molecule has 0 heterocycles. The largest absolute Gasteiger partial charge is 0.466 e. The second kappa shape index (κ2) is 62.4. The molecule has 1 amide bonds. The molecule has 0 spiro atoms. The van der Waals surface area contributed by atoms with E-state index in [1.807, 2.05) is 0 Å². The summed E-state index contributed by atoms with van der Waals surface area (Å²) in [7, 11) is 0. The molecular weight excluding hydrogens is 887 g/mol. The Hall–Kier alpha value is -1.14. The Morgan fingerprint density at radius 2 is 0.569 bits per heavy atom. The summed E-state index contributed by atoms with van der Waals surface area (Å²) in [5, 5.41) is 23.2. The molecular formula is C66H131NO5. The van der Waals surface area contributed by atoms with Gasteiger partial charge in [0.2, 0.25) is 5.91 Å². The van der Waals surface area contributed by atoms with E-state index in [0.29, 0.717) is 25.9 Å². The molecule has 0 rings (SSSR count). The van der Waals surface area contributed by atoms with Gasteiger partial charge in [0.05, 0.1) is 25.4 Å². The third-order valence-electron chi connectivity index (χ3n) is 15.9. The first-order valence-corrected chi connectivity index (χ1v) is 33.3. The van der Waals surface area contributed by atoms with Crippen LogP contribution >= 0.6 is 0 Å². The molecule has 0 aromatic carbocycles. The number of ether oxygens (including phenoxy) is 1. The van der Waals surface area contributed by atoms with Crippen molar-refractivity contribution >= 4 is 11.9 Å². The highest BCUT2D eigenvalue weighted by Gasteiger charge is 2.20. The SMILES string of the molecule is CCCCCCCCCCCCCCCCCCC(=O)OCCCCCCCCCCCCCCCCCCCCCCCCCCCCCCCC(=O)NC(CO)C(O)CCCCCCCCCCCC. The highest BCUT2D eigenvalue weighted by atomic mass is 16.5. The molecule has 0 saturated carbocycles. The van der Waals surface area contributed by atoms with E-state index in [4.69, 9.17) is 4.74 Å². The average Bonchev–Trinajstić information content (AvgIpc) is 3.38. The first kappa shape index (κ1) is 70.9. The van der Waals surface area contributed by atoms with Crippen LogP contribution in [0.1, 0.15) is 386 Å². The van der Waals surface area contributed by atoms with Gasteiger partial charge in [0.1, 0.15) is 0 Å². The predicted octanol–water partition coefficient (Wildman–Crippen LogP) is 21.0. The summed E-state index contributed by atoms with van der Waals surface area (Å²) in [6.45, 7) is 4.98. The van der Waals surface area contributed by atoms with Crippen molar-refractivity contribution in [3.63, 3.8) is 0 Å². The minimum absolute atomic E-state index is 0.0239. The summed E-state index contributed by atoms with van der Waals surface area (Å²) >= 11 is 0. The number of carbonyl (C=O) groups is 2. The zero-order chi connectivity index (χ0) is 52.2. The second-order valence-electron chi connectivity index (χ2n) is 23.2. The van der Waals surface area contributed by atoms with Crippen molar-refractivity contribution in [2.45, 2.75) is 398 Å². The molecule has 2 unspecified atom stereocenters. The lowest BCUT2D eigenvalue weighted by molar-refractivity contribution is -0.143. The van der Waals surface area contributed by atoms with Crippen molar-refractivity contribution in [2.75, 3.05) is 13.2 Å². The summed E-state index contributed by atoms with van der Waals surface area (Å²) in [5.74, 6) is -0.00689. The van der Waals surface area contributed by atoms with Crippen LogP contribution in [0.25, 0.3) is 0 Å². The van der Waals surface area contributed by atoms with Crippen molar-refractivity contribution in [1.82, 2.24) is 5.32 Å². The molecule has 0 radical (unpaired) electrons. The Morgan fingerprint density at radius 3 is 0.847 bits per heavy atom. The second-order valence-corrected chi connectivity index (χ2v) is 23.2. The fourth-order valence-corrected chi connectivity index (χ4v) is 10.8. The number of esters is 1. The van der Waals surface area contributed by atoms with Crippen LogP contribution in [0.15, 0.2) is 0 Å². The Bertz CT molecular complexity index is 1040. The van der Waals surface area contributed by atoms with Crippen LogP contribution in [0.5, 0.6) is 0 Å². The molecule has 0 aliphatic carbocycles. The molecule has 6 heteroatoms. The van der Waals surface area contributed by atoms with Crippen molar-refractivity contribution in [3.8, 4) is 0 Å². The number of rotatable bonds is 63. The average molecular weight is 1020 g/mol. The van der Waals surface area contributed by atoms with Gasteiger partial charge in [-0.2, -0.15) is 0 Å². The number of nitrogens with one attached hydrogen (secondary N) is 1. The topological polar surface area (TPSA) is 95.9 Å². The van der Waals surface area contributed by atoms with E-state index in [2.05, 4.69) is 19.2 Å². The van der Waals surface area contributed by atoms with Crippen LogP contribution in [-0.4, -0.2) is 47.4 Å². The summed E-state index contributed by atoms with van der Waals surface area (Å²) in [6, 6.07) is -0.535. The Morgan fingerprint density at radius 1 is 0.333 bits per heavy atom. The lowest BCUT2D eigenvalue weighted by atomic mass is 10.0. The van der Waals surface area contributed by atoms with Crippen molar-refractivity contribution in [2.24, 2.45) is 0 Å². The normalized spacial score (nSPS) is 12.4. The molecule has 0 aromatic heterocycles. The summed E-state index contributed by atoms with van der Waals surface area (Å²) in [4.78, 5) is 24.5. The number of hydrogen-bond donors (Lipinski definition) is 3. The third-order valence-corrected chi connectivity index (χ3v) is 15.9. The van der Waals surface area contributed by atoms with E-state index >= 15 is 0 Å². The lowest BCUT2D eigenvalue weighted by Crippen LogP contribution is -2.45. The minimum Gasteiger partial charge on any atom is -0.466 e. The zero-order valence-corrected chi connectivity index (χ0v) is 49.2. The van der Waals surface area contributed by atoms with Gasteiger partial charge in [0.15, 0.2) is 0 Å². The zero-order valence-electron chi connectivity index (χ0n) is 49.2. The Kier molecular flexibility index (Phi) is 61.4. The van der Waals surface area contributed by atoms with Crippen molar-refractivity contribution in [3.05, 3.63) is 0 Å². The van der Waals surface area contributed by atoms with Crippen LogP contribution in [-0.2, 0) is 14.3 Å². The highest BCUT2D eigenvalue weighted by molar-refractivity contribution is 5.76. The maximum atomic E-state index is 12.4. The van der Waals surface area contributed by atoms with Gasteiger partial charge in [0, 0.05) is 12.8 Å². The van der Waals surface area contributed by atoms with Gasteiger partial charge >= 0.3 is 5.97 Å². The molecule has 430 valence electrons. The number of carbonyl (C=O) groups excluding carboxylic acids is 2. The van der Waals surface area contributed by atoms with Gasteiger partial charge < -0.3 is 20.3 Å². The predicted molar refractivity (Wildman–Crippen MR) is 315 cm³/mol. The van der Waals surface area contributed by atoms with E-state index in [0.717, 1.165) is 38.5 Å². The monoisotopic (exact) mass is 1020 g/mol. The number of unbranched alkanes of at least 4 members (excludes halogenated alkanes) is 52. The summed E-state index contributed by atoms with van der Waals surface area (Å²) in [5.41, 5.74) is 0. The molecule has 0 aromatic rings. The Balaban J connectivity index is 3.28. The Labute approximate surface area is 451 Å². The van der Waals surface area contributed by atoms with Crippen LogP contribution in [0.3, 0.4) is 0 Å². The van der Waals surface area contributed by atoms with Crippen LogP contribution in [0.2, 0.25) is 0 Å². The minimum atomic E-state index is -0.658. The van der Waals surface area contributed by atoms with E-state index in [9.17, 15) is 19.8 Å². The number of hydrogen-bond acceptors (Lipinski definition) is 5. The molecule has 3 N–H and O–H groups in total. The maximum absolute atomic E-state index is 12.4. The summed E-state index contributed by atoms with van der Waals surface area (Å²) < 4.78 is 5.50. The van der Waals surface area contributed by atoms with Gasteiger partial charge in [-0.3, -0.25) is 9.59 Å². The fourth-order valence-electron chi connectivity index (χ4n) is 10.8. The lowest BCUT2D eigenvalue weighted by Gasteiger charge is -2.22. The molecule has 0 fully saturated rings. The van der Waals surface area contributed by atoms with Crippen LogP contribution in [0, 0.1) is 0 Å². The molecule has 2 atom stereocenters. The van der Waals surface area contributed by atoms with Gasteiger partial charge in [-0.1, -0.05) is 348 Å². The van der Waals surface area contributed by atoms with Gasteiger partial charge in [-0.05, 0) is 25.7 Å². The van der Waals surface area contributed by atoms with E-state index in [1.165, 1.54) is 315 Å². The maximum Gasteiger partial charge on any atom is 0.305 e. The number of aliphatic hydroxyl groups excluding tert-OH is 2. The van der Waals surface area contributed by atoms with E-state index in [-0.39, 0.29) is 18.5 Å². The number of aliphatic hydroxyl groups is 2. The first-order chi connectivity index (χ1) is 35.5. The molecule has 0 aliphatic heterocycles. The van der Waals surface area contributed by atoms with Gasteiger partial charge in [0.25, 0.3) is 0 Å². The van der Waals surface area contributed by atoms with E-state index < -0.39 is 12.1 Å².